The molecule has 72 valence electrons. The molecule has 1 aliphatic heterocycles. The second kappa shape index (κ2) is 7.54. The minimum absolute atomic E-state index is 0.312. The second-order valence-electron chi connectivity index (χ2n) is 3.20. The van der Waals surface area contributed by atoms with Gasteiger partial charge in [0.1, 0.15) is 0 Å². The highest BCUT2D eigenvalue weighted by Gasteiger charge is 2.11. The Morgan fingerprint density at radius 2 is 1.58 bits per heavy atom. The maximum absolute atomic E-state index is 4.13. The predicted molar refractivity (Wildman–Crippen MR) is 70.7 cm³/mol. The van der Waals surface area contributed by atoms with Crippen molar-refractivity contribution in [2.45, 2.75) is 13.8 Å². The number of thiol groups is 2. The van der Waals surface area contributed by atoms with Crippen molar-refractivity contribution in [2.24, 2.45) is 5.41 Å². The van der Waals surface area contributed by atoms with Crippen molar-refractivity contribution in [3.63, 3.8) is 0 Å². The lowest BCUT2D eigenvalue weighted by atomic mass is 10.0. The monoisotopic (exact) mass is 240 g/mol. The highest BCUT2D eigenvalue weighted by molar-refractivity contribution is 8.21. The lowest BCUT2D eigenvalue weighted by Crippen LogP contribution is -2.14. The van der Waals surface area contributed by atoms with E-state index in [1.807, 2.05) is 23.5 Å². The van der Waals surface area contributed by atoms with Crippen LogP contribution < -0.4 is 0 Å². The van der Waals surface area contributed by atoms with Gasteiger partial charge in [-0.15, -0.1) is 23.5 Å². The molecule has 0 spiro atoms. The molecular formula is C8H16S4. The van der Waals surface area contributed by atoms with Crippen LogP contribution in [0.2, 0.25) is 0 Å². The van der Waals surface area contributed by atoms with Crippen LogP contribution in [0.4, 0.5) is 0 Å². The average Bonchev–Trinajstić information content (AvgIpc) is 2.62. The summed E-state index contributed by atoms with van der Waals surface area (Å²) < 4.78 is 0. The summed E-state index contributed by atoms with van der Waals surface area (Å²) in [6, 6.07) is 0. The number of hydrogen-bond donors (Lipinski definition) is 2. The largest absolute Gasteiger partial charge is 0.179 e. The molecule has 0 unspecified atom stereocenters. The van der Waals surface area contributed by atoms with Crippen LogP contribution in [0.5, 0.6) is 0 Å². The summed E-state index contributed by atoms with van der Waals surface area (Å²) in [5, 5.41) is 5.45. The van der Waals surface area contributed by atoms with Gasteiger partial charge in [0.2, 0.25) is 0 Å². The van der Waals surface area contributed by atoms with Crippen LogP contribution in [0.15, 0.2) is 10.8 Å². The van der Waals surface area contributed by atoms with Gasteiger partial charge in [-0.3, -0.25) is 0 Å². The van der Waals surface area contributed by atoms with E-state index in [2.05, 4.69) is 49.9 Å². The summed E-state index contributed by atoms with van der Waals surface area (Å²) in [4.78, 5) is 0. The molecule has 0 bridgehead atoms. The quantitative estimate of drug-likeness (QED) is 0.705. The molecule has 0 saturated carbocycles. The lowest BCUT2D eigenvalue weighted by Gasteiger charge is -2.17. The Morgan fingerprint density at radius 1 is 1.17 bits per heavy atom. The van der Waals surface area contributed by atoms with E-state index in [1.165, 1.54) is 5.08 Å². The Morgan fingerprint density at radius 3 is 1.67 bits per heavy atom. The van der Waals surface area contributed by atoms with E-state index >= 15 is 0 Å². The van der Waals surface area contributed by atoms with Crippen molar-refractivity contribution < 1.29 is 0 Å². The van der Waals surface area contributed by atoms with E-state index in [4.69, 9.17) is 0 Å². The normalized spacial score (nSPS) is 15.7. The van der Waals surface area contributed by atoms with Crippen molar-refractivity contribution in [1.29, 1.82) is 0 Å². The topological polar surface area (TPSA) is 0 Å². The first kappa shape index (κ1) is 13.1. The zero-order valence-corrected chi connectivity index (χ0v) is 10.9. The molecule has 0 aromatic heterocycles. The van der Waals surface area contributed by atoms with Crippen molar-refractivity contribution in [1.82, 2.24) is 0 Å². The first-order valence-corrected chi connectivity index (χ1v) is 7.08. The molecule has 0 saturated heterocycles. The average molecular weight is 240 g/mol. The molecule has 0 atom stereocenters. The summed E-state index contributed by atoms with van der Waals surface area (Å²) in [6.07, 6.45) is 0. The molecule has 0 amide bonds. The number of rotatable bonds is 2. The maximum Gasteiger partial charge on any atom is 0.0475 e. The summed E-state index contributed by atoms with van der Waals surface area (Å²) in [5.74, 6) is 1.83. The first-order valence-electron chi connectivity index (χ1n) is 3.72. The molecule has 0 aliphatic carbocycles. The van der Waals surface area contributed by atoms with E-state index in [-0.39, 0.29) is 0 Å². The minimum Gasteiger partial charge on any atom is -0.179 e. The van der Waals surface area contributed by atoms with Crippen LogP contribution >= 0.6 is 48.8 Å². The molecule has 1 rings (SSSR count). The number of thioether (sulfide) groups is 2. The van der Waals surface area contributed by atoms with Crippen LogP contribution in [0.1, 0.15) is 13.8 Å². The molecular weight excluding hydrogens is 224 g/mol. The van der Waals surface area contributed by atoms with Crippen LogP contribution in [0.3, 0.4) is 0 Å². The molecule has 12 heavy (non-hydrogen) atoms. The molecule has 4 heteroatoms. The highest BCUT2D eigenvalue weighted by atomic mass is 32.2. The van der Waals surface area contributed by atoms with Gasteiger partial charge in [0, 0.05) is 5.08 Å². The van der Waals surface area contributed by atoms with E-state index in [0.29, 0.717) is 5.41 Å². The fraction of sp³-hybridized carbons (Fsp3) is 0.750. The zero-order valence-electron chi connectivity index (χ0n) is 7.49. The molecule has 0 aromatic carbocycles. The minimum atomic E-state index is 0.312. The molecule has 0 aromatic rings. The number of hydrogen-bond acceptors (Lipinski definition) is 4. The van der Waals surface area contributed by atoms with Crippen molar-refractivity contribution in [2.75, 3.05) is 16.6 Å². The maximum atomic E-state index is 4.13. The van der Waals surface area contributed by atoms with Gasteiger partial charge in [0.15, 0.2) is 0 Å². The van der Waals surface area contributed by atoms with Crippen LogP contribution in [-0.2, 0) is 0 Å². The van der Waals surface area contributed by atoms with Gasteiger partial charge in [-0.2, -0.15) is 25.3 Å². The second-order valence-corrected chi connectivity index (χ2v) is 5.99. The fourth-order valence-electron chi connectivity index (χ4n) is 0.246. The summed E-state index contributed by atoms with van der Waals surface area (Å²) in [7, 11) is 0. The zero-order chi connectivity index (χ0) is 9.45. The van der Waals surface area contributed by atoms with E-state index < -0.39 is 0 Å². The highest BCUT2D eigenvalue weighted by Crippen LogP contribution is 2.22. The van der Waals surface area contributed by atoms with Gasteiger partial charge in [-0.25, -0.2) is 0 Å². The first-order chi connectivity index (χ1) is 5.62. The van der Waals surface area contributed by atoms with Crippen LogP contribution in [-0.4, -0.2) is 16.6 Å². The Labute approximate surface area is 95.2 Å². The van der Waals surface area contributed by atoms with Gasteiger partial charge in [-0.1, -0.05) is 13.8 Å². The van der Waals surface area contributed by atoms with Crippen molar-refractivity contribution in [3.8, 4) is 0 Å². The lowest BCUT2D eigenvalue weighted by molar-refractivity contribution is 0.495. The molecule has 0 nitrogen and oxygen atoms in total. The van der Waals surface area contributed by atoms with Gasteiger partial charge in [-0.05, 0) is 27.7 Å². The van der Waals surface area contributed by atoms with Gasteiger partial charge in [0.05, 0.1) is 0 Å². The van der Waals surface area contributed by atoms with Gasteiger partial charge < -0.3 is 0 Å². The van der Waals surface area contributed by atoms with Gasteiger partial charge >= 0.3 is 0 Å². The van der Waals surface area contributed by atoms with E-state index in [9.17, 15) is 0 Å². The summed E-state index contributed by atoms with van der Waals surface area (Å²) in [6.45, 7) is 4.29. The molecule has 1 aliphatic rings. The summed E-state index contributed by atoms with van der Waals surface area (Å²) >= 11 is 12.0. The predicted octanol–water partition coefficient (Wildman–Crippen LogP) is 3.77. The summed E-state index contributed by atoms with van der Waals surface area (Å²) in [5.41, 5.74) is 0.312. The van der Waals surface area contributed by atoms with Crippen LogP contribution in [0, 0.1) is 5.41 Å². The SMILES string of the molecule is C1=CSCS1.CC(C)(CS)CS. The van der Waals surface area contributed by atoms with Gasteiger partial charge in [0.25, 0.3) is 0 Å². The smallest absolute Gasteiger partial charge is 0.0475 e. The van der Waals surface area contributed by atoms with Crippen LogP contribution in [0.25, 0.3) is 0 Å². The molecule has 0 radical (unpaired) electrons. The Kier molecular flexibility index (Phi) is 8.25. The van der Waals surface area contributed by atoms with Crippen molar-refractivity contribution in [3.05, 3.63) is 10.8 Å². The standard InChI is InChI=1S/C5H12S2.C3H4S2/c1-5(2,3-6)4-7;1-2-5-3-4-1/h6-7H,3-4H2,1-2H3;1-2H,3H2. The molecule has 0 fully saturated rings. The van der Waals surface area contributed by atoms with Crippen molar-refractivity contribution >= 4 is 48.8 Å². The third-order valence-electron chi connectivity index (χ3n) is 1.24. The third-order valence-corrected chi connectivity index (χ3v) is 4.87. The molecule has 1 heterocycles. The Balaban J connectivity index is 0.000000211. The third kappa shape index (κ3) is 7.77. The Hall–Kier alpha value is 1.14. The van der Waals surface area contributed by atoms with E-state index in [0.717, 1.165) is 11.5 Å². The fourth-order valence-corrected chi connectivity index (χ4v) is 2.22. The van der Waals surface area contributed by atoms with E-state index in [1.54, 1.807) is 0 Å². The molecule has 0 N–H and O–H groups in total. The Bertz CT molecular complexity index is 119.